The number of carbonyl (C=O) groups is 1. The van der Waals surface area contributed by atoms with Crippen LogP contribution in [0.15, 0.2) is 70.8 Å². The molecule has 0 bridgehead atoms. The maximum atomic E-state index is 13.3. The van der Waals surface area contributed by atoms with Crippen LogP contribution in [0, 0.1) is 5.82 Å². The van der Waals surface area contributed by atoms with Gasteiger partial charge in [-0.3, -0.25) is 9.36 Å². The lowest BCUT2D eigenvalue weighted by molar-refractivity contribution is -0.113. The van der Waals surface area contributed by atoms with Gasteiger partial charge in [-0.15, -0.1) is 16.8 Å². The topological polar surface area (TPSA) is 82.2 Å². The van der Waals surface area contributed by atoms with E-state index in [1.807, 2.05) is 28.8 Å². The average Bonchev–Trinajstić information content (AvgIpc) is 3.36. The van der Waals surface area contributed by atoms with Crippen LogP contribution in [-0.2, 0) is 11.3 Å². The number of ether oxygens (including phenoxy) is 1. The van der Waals surface area contributed by atoms with Gasteiger partial charge in [-0.2, -0.15) is 0 Å². The number of hydrogen-bond acceptors (Lipinski definition) is 6. The highest BCUT2D eigenvalue weighted by Gasteiger charge is 2.19. The summed E-state index contributed by atoms with van der Waals surface area (Å²) in [5, 5.41) is 12.6. The van der Waals surface area contributed by atoms with Crippen molar-refractivity contribution in [3.05, 3.63) is 67.0 Å². The summed E-state index contributed by atoms with van der Waals surface area (Å²) in [6.07, 6.45) is 1.72. The molecule has 4 aromatic rings. The molecule has 158 valence electrons. The molecule has 9 heteroatoms. The molecule has 2 aromatic carbocycles. The van der Waals surface area contributed by atoms with E-state index in [4.69, 9.17) is 9.15 Å². The number of hydrogen-bond donors (Lipinski definition) is 1. The SMILES string of the molecule is C=CCn1c(SCC(=O)Nc2cccc(F)c2)nnc1-c1cc2cccc(OC)c2o1. The number of methoxy groups -OCH3 is 1. The molecule has 31 heavy (non-hydrogen) atoms. The lowest BCUT2D eigenvalue weighted by Crippen LogP contribution is -2.14. The molecule has 4 rings (SSSR count). The first-order valence-corrected chi connectivity index (χ1v) is 10.4. The zero-order valence-corrected chi connectivity index (χ0v) is 17.5. The molecule has 0 fully saturated rings. The molecule has 0 unspecified atom stereocenters. The number of nitrogens with one attached hydrogen (secondary N) is 1. The molecule has 0 aliphatic heterocycles. The van der Waals surface area contributed by atoms with Crippen molar-refractivity contribution in [3.8, 4) is 17.3 Å². The van der Waals surface area contributed by atoms with Gasteiger partial charge in [-0.1, -0.05) is 36.0 Å². The third kappa shape index (κ3) is 4.46. The summed E-state index contributed by atoms with van der Waals surface area (Å²) in [4.78, 5) is 12.3. The van der Waals surface area contributed by atoms with E-state index in [0.717, 1.165) is 5.39 Å². The van der Waals surface area contributed by atoms with E-state index < -0.39 is 5.82 Å². The van der Waals surface area contributed by atoms with Crippen molar-refractivity contribution in [1.82, 2.24) is 14.8 Å². The van der Waals surface area contributed by atoms with Crippen LogP contribution in [0.3, 0.4) is 0 Å². The summed E-state index contributed by atoms with van der Waals surface area (Å²) in [5.41, 5.74) is 1.02. The van der Waals surface area contributed by atoms with Crippen molar-refractivity contribution < 1.29 is 18.3 Å². The first-order valence-electron chi connectivity index (χ1n) is 9.38. The van der Waals surface area contributed by atoms with Gasteiger partial charge >= 0.3 is 0 Å². The smallest absolute Gasteiger partial charge is 0.234 e. The van der Waals surface area contributed by atoms with Crippen molar-refractivity contribution in [2.24, 2.45) is 0 Å². The van der Waals surface area contributed by atoms with Crippen molar-refractivity contribution in [1.29, 1.82) is 0 Å². The standard InChI is InChI=1S/C22H19FN4O3S/c1-3-10-27-21(18-11-14-6-4-9-17(29-2)20(14)30-18)25-26-22(27)31-13-19(28)24-16-8-5-7-15(23)12-16/h3-9,11-12H,1,10,13H2,2H3,(H,24,28). The molecule has 0 saturated carbocycles. The zero-order chi connectivity index (χ0) is 21.8. The highest BCUT2D eigenvalue weighted by atomic mass is 32.2. The molecule has 2 heterocycles. The Labute approximate surface area is 181 Å². The van der Waals surface area contributed by atoms with Crippen LogP contribution < -0.4 is 10.1 Å². The summed E-state index contributed by atoms with van der Waals surface area (Å²) < 4.78 is 26.4. The molecule has 0 aliphatic carbocycles. The molecule has 2 aromatic heterocycles. The number of amides is 1. The minimum atomic E-state index is -0.414. The summed E-state index contributed by atoms with van der Waals surface area (Å²) in [7, 11) is 1.58. The highest BCUT2D eigenvalue weighted by Crippen LogP contribution is 2.33. The molecular weight excluding hydrogens is 419 g/mol. The van der Waals surface area contributed by atoms with Gasteiger partial charge in [0.2, 0.25) is 11.7 Å². The van der Waals surface area contributed by atoms with E-state index in [0.29, 0.717) is 40.3 Å². The number of benzene rings is 2. The minimum Gasteiger partial charge on any atom is -0.493 e. The number of thioether (sulfide) groups is 1. The van der Waals surface area contributed by atoms with Gasteiger partial charge in [-0.25, -0.2) is 4.39 Å². The Bertz CT molecular complexity index is 1250. The Hall–Kier alpha value is -3.59. The Kier molecular flexibility index (Phi) is 6.03. The lowest BCUT2D eigenvalue weighted by Gasteiger charge is -2.07. The van der Waals surface area contributed by atoms with Crippen LogP contribution in [0.5, 0.6) is 5.75 Å². The number of para-hydroxylation sites is 1. The molecule has 0 aliphatic rings. The predicted octanol–water partition coefficient (Wildman–Crippen LogP) is 4.76. The van der Waals surface area contributed by atoms with Gasteiger partial charge < -0.3 is 14.5 Å². The minimum absolute atomic E-state index is 0.0831. The van der Waals surface area contributed by atoms with E-state index in [1.165, 1.54) is 30.0 Å². The van der Waals surface area contributed by atoms with E-state index in [2.05, 4.69) is 22.1 Å². The lowest BCUT2D eigenvalue weighted by atomic mass is 10.2. The van der Waals surface area contributed by atoms with Crippen LogP contribution in [0.4, 0.5) is 10.1 Å². The number of fused-ring (bicyclic) bond motifs is 1. The first-order chi connectivity index (χ1) is 15.1. The Morgan fingerprint density at radius 2 is 2.13 bits per heavy atom. The second-order valence-electron chi connectivity index (χ2n) is 6.54. The number of rotatable bonds is 8. The molecule has 1 amide bonds. The van der Waals surface area contributed by atoms with Crippen LogP contribution >= 0.6 is 11.8 Å². The molecular formula is C22H19FN4O3S. The average molecular weight is 438 g/mol. The van der Waals surface area contributed by atoms with Gasteiger partial charge in [0.25, 0.3) is 0 Å². The van der Waals surface area contributed by atoms with E-state index in [9.17, 15) is 9.18 Å². The highest BCUT2D eigenvalue weighted by molar-refractivity contribution is 7.99. The normalized spacial score (nSPS) is 10.9. The number of aromatic nitrogens is 3. The fourth-order valence-corrected chi connectivity index (χ4v) is 3.82. The van der Waals surface area contributed by atoms with Gasteiger partial charge in [-0.05, 0) is 30.3 Å². The first kappa shape index (κ1) is 20.7. The number of allylic oxidation sites excluding steroid dienone is 1. The van der Waals surface area contributed by atoms with E-state index >= 15 is 0 Å². The van der Waals surface area contributed by atoms with Crippen LogP contribution in [0.1, 0.15) is 0 Å². The zero-order valence-electron chi connectivity index (χ0n) is 16.7. The van der Waals surface area contributed by atoms with Gasteiger partial charge in [0, 0.05) is 17.6 Å². The second-order valence-corrected chi connectivity index (χ2v) is 7.48. The van der Waals surface area contributed by atoms with Crippen molar-refractivity contribution in [2.75, 3.05) is 18.2 Å². The number of furan rings is 1. The monoisotopic (exact) mass is 438 g/mol. The fraction of sp³-hybridized carbons (Fsp3) is 0.136. The molecule has 7 nitrogen and oxygen atoms in total. The van der Waals surface area contributed by atoms with Crippen LogP contribution in [0.25, 0.3) is 22.6 Å². The number of halogens is 1. The van der Waals surface area contributed by atoms with Crippen molar-refractivity contribution in [2.45, 2.75) is 11.7 Å². The number of anilines is 1. The summed E-state index contributed by atoms with van der Waals surface area (Å²) in [6.45, 7) is 4.22. The molecule has 0 spiro atoms. The molecule has 1 N–H and O–H groups in total. The van der Waals surface area contributed by atoms with Crippen molar-refractivity contribution in [3.63, 3.8) is 0 Å². The van der Waals surface area contributed by atoms with E-state index in [-0.39, 0.29) is 11.7 Å². The molecule has 0 saturated heterocycles. The van der Waals surface area contributed by atoms with Crippen LogP contribution in [-0.4, -0.2) is 33.5 Å². The van der Waals surface area contributed by atoms with Gasteiger partial charge in [0.15, 0.2) is 22.2 Å². The third-order valence-electron chi connectivity index (χ3n) is 4.42. The van der Waals surface area contributed by atoms with Gasteiger partial charge in [0.05, 0.1) is 12.9 Å². The summed E-state index contributed by atoms with van der Waals surface area (Å²) in [5.74, 6) is 1.07. The van der Waals surface area contributed by atoms with Crippen molar-refractivity contribution >= 4 is 34.3 Å². The fourth-order valence-electron chi connectivity index (χ4n) is 3.07. The predicted molar refractivity (Wildman–Crippen MR) is 118 cm³/mol. The quantitative estimate of drug-likeness (QED) is 0.316. The summed E-state index contributed by atoms with van der Waals surface area (Å²) >= 11 is 1.22. The number of nitrogens with zero attached hydrogens (tertiary/aromatic N) is 3. The third-order valence-corrected chi connectivity index (χ3v) is 5.38. The maximum absolute atomic E-state index is 13.3. The molecule has 0 radical (unpaired) electrons. The van der Waals surface area contributed by atoms with E-state index in [1.54, 1.807) is 19.3 Å². The number of carbonyl (C=O) groups excluding carboxylic acids is 1. The largest absolute Gasteiger partial charge is 0.493 e. The Morgan fingerprint density at radius 1 is 1.29 bits per heavy atom. The summed E-state index contributed by atoms with van der Waals surface area (Å²) in [6, 6.07) is 13.2. The Balaban J connectivity index is 1.55. The molecule has 0 atom stereocenters. The van der Waals surface area contributed by atoms with Gasteiger partial charge in [0.1, 0.15) is 5.82 Å². The van der Waals surface area contributed by atoms with Crippen LogP contribution in [0.2, 0.25) is 0 Å². The maximum Gasteiger partial charge on any atom is 0.234 e. The Morgan fingerprint density at radius 3 is 2.90 bits per heavy atom. The second kappa shape index (κ2) is 9.05.